The Morgan fingerprint density at radius 1 is 1.24 bits per heavy atom. The molecule has 4 heterocycles. The highest BCUT2D eigenvalue weighted by molar-refractivity contribution is 5.81. The van der Waals surface area contributed by atoms with Crippen molar-refractivity contribution >= 4 is 16.7 Å². The topological polar surface area (TPSA) is 107 Å². The average Bonchev–Trinajstić information content (AvgIpc) is 3.17. The lowest BCUT2D eigenvalue weighted by molar-refractivity contribution is -0.0159. The van der Waals surface area contributed by atoms with Crippen molar-refractivity contribution in [1.29, 1.82) is 5.53 Å². The molecule has 1 fully saturated rings. The van der Waals surface area contributed by atoms with E-state index in [9.17, 15) is 14.3 Å². The van der Waals surface area contributed by atoms with E-state index in [1.54, 1.807) is 6.07 Å². The lowest BCUT2D eigenvalue weighted by Crippen LogP contribution is -2.48. The summed E-state index contributed by atoms with van der Waals surface area (Å²) in [5.74, 6) is 0.260. The zero-order valence-electron chi connectivity index (χ0n) is 22.1. The first-order valence-electron chi connectivity index (χ1n) is 12.9. The first-order chi connectivity index (χ1) is 17.6. The maximum Gasteiger partial charge on any atom is 0.251 e. The van der Waals surface area contributed by atoms with Crippen LogP contribution in [-0.2, 0) is 18.7 Å². The van der Waals surface area contributed by atoms with E-state index in [1.807, 2.05) is 25.1 Å². The van der Waals surface area contributed by atoms with E-state index in [-0.39, 0.29) is 24.2 Å². The van der Waals surface area contributed by atoms with Gasteiger partial charge in [-0.2, -0.15) is 5.11 Å². The van der Waals surface area contributed by atoms with Crippen LogP contribution in [0.1, 0.15) is 50.3 Å². The van der Waals surface area contributed by atoms with E-state index in [1.165, 1.54) is 10.6 Å². The second-order valence-electron chi connectivity index (χ2n) is 10.9. The largest absolute Gasteiger partial charge is 0.382 e. The molecule has 0 bridgehead atoms. The number of nitrogens with zero attached hydrogens (tertiary/aromatic N) is 4. The van der Waals surface area contributed by atoms with Crippen LogP contribution in [0.3, 0.4) is 0 Å². The quantitative estimate of drug-likeness (QED) is 0.421. The molecule has 2 aliphatic rings. The molecule has 0 spiro atoms. The summed E-state index contributed by atoms with van der Waals surface area (Å²) in [6, 6.07) is 9.29. The molecule has 1 saturated heterocycles. The van der Waals surface area contributed by atoms with Crippen molar-refractivity contribution in [3.05, 3.63) is 69.4 Å². The minimum absolute atomic E-state index is 0.0378. The molecule has 1 atom stereocenters. The Balaban J connectivity index is 0.000000747. The summed E-state index contributed by atoms with van der Waals surface area (Å²) in [5.41, 5.74) is 9.42. The van der Waals surface area contributed by atoms with Gasteiger partial charge in [0.2, 0.25) is 0 Å². The number of β-amino-alcohol motifs (C(OH)–C–C–N with tert-alkyl or cyclic N) is 1. The highest BCUT2D eigenvalue weighted by atomic mass is 19.1. The minimum Gasteiger partial charge on any atom is -0.382 e. The van der Waals surface area contributed by atoms with Gasteiger partial charge in [-0.15, -0.1) is 0 Å². The second kappa shape index (κ2) is 11.2. The van der Waals surface area contributed by atoms with Gasteiger partial charge in [0.25, 0.3) is 5.56 Å². The summed E-state index contributed by atoms with van der Waals surface area (Å²) in [6.45, 7) is 11.0. The predicted molar refractivity (Wildman–Crippen MR) is 143 cm³/mol. The molecule has 0 aliphatic carbocycles. The van der Waals surface area contributed by atoms with Crippen molar-refractivity contribution in [2.45, 2.75) is 65.3 Å². The number of rotatable bonds is 6. The van der Waals surface area contributed by atoms with Crippen molar-refractivity contribution in [2.75, 3.05) is 19.6 Å². The molecule has 2 aliphatic heterocycles. The van der Waals surface area contributed by atoms with Crippen LogP contribution in [0.5, 0.6) is 0 Å². The van der Waals surface area contributed by atoms with E-state index >= 15 is 0 Å². The van der Waals surface area contributed by atoms with Gasteiger partial charge in [0, 0.05) is 25.2 Å². The van der Waals surface area contributed by atoms with Crippen LogP contribution in [0, 0.1) is 24.2 Å². The number of halogens is 1. The molecule has 3 N–H and O–H groups in total. The predicted octanol–water partition coefficient (Wildman–Crippen LogP) is 4.62. The van der Waals surface area contributed by atoms with E-state index in [0.29, 0.717) is 29.3 Å². The number of aromatic nitrogens is 2. The van der Waals surface area contributed by atoms with Gasteiger partial charge in [0.1, 0.15) is 11.4 Å². The molecule has 3 aromatic rings. The maximum atomic E-state index is 14.8. The third-order valence-electron chi connectivity index (χ3n) is 6.90. The first-order valence-corrected chi connectivity index (χ1v) is 12.9. The summed E-state index contributed by atoms with van der Waals surface area (Å²) >= 11 is 0. The molecule has 0 radical (unpaired) electrons. The molecular weight excluding hydrogens is 471 g/mol. The van der Waals surface area contributed by atoms with Crippen molar-refractivity contribution in [2.24, 2.45) is 11.0 Å². The summed E-state index contributed by atoms with van der Waals surface area (Å²) < 4.78 is 16.2. The average molecular weight is 509 g/mol. The van der Waals surface area contributed by atoms with E-state index in [2.05, 4.69) is 41.1 Å². The molecule has 1 aromatic carbocycles. The number of benzene rings is 1. The number of hydrogen-bond donors (Lipinski definition) is 3. The maximum absolute atomic E-state index is 14.8. The first kappa shape index (κ1) is 27.0. The molecule has 2 aromatic heterocycles. The fraction of sp³-hybridized carbons (Fsp3) is 0.500. The van der Waals surface area contributed by atoms with Crippen molar-refractivity contribution in [3.8, 4) is 0 Å². The molecule has 0 amide bonds. The third-order valence-corrected chi connectivity index (χ3v) is 6.90. The van der Waals surface area contributed by atoms with Gasteiger partial charge in [0.15, 0.2) is 0 Å². The van der Waals surface area contributed by atoms with E-state index < -0.39 is 11.4 Å². The number of aryl methyl sites for hydroxylation is 1. The number of likely N-dealkylation sites (tertiary alicyclic amines) is 1. The van der Waals surface area contributed by atoms with Crippen molar-refractivity contribution in [3.63, 3.8) is 0 Å². The monoisotopic (exact) mass is 508 g/mol. The van der Waals surface area contributed by atoms with Crippen LogP contribution in [0.4, 0.5) is 10.1 Å². The Morgan fingerprint density at radius 2 is 1.95 bits per heavy atom. The van der Waals surface area contributed by atoms with Crippen LogP contribution in [0.2, 0.25) is 0 Å². The number of nitrogens with one attached hydrogen (secondary N) is 2. The molecule has 5 rings (SSSR count). The molecule has 0 saturated carbocycles. The molecule has 8 nitrogen and oxygen atoms in total. The second-order valence-corrected chi connectivity index (χ2v) is 10.9. The van der Waals surface area contributed by atoms with Gasteiger partial charge in [0.05, 0.1) is 35.0 Å². The summed E-state index contributed by atoms with van der Waals surface area (Å²) in [5, 5.41) is 18.6. The molecule has 37 heavy (non-hydrogen) atoms. The lowest BCUT2D eigenvalue weighted by Gasteiger charge is -2.37. The Labute approximate surface area is 217 Å². The summed E-state index contributed by atoms with van der Waals surface area (Å²) in [7, 11) is 0. The summed E-state index contributed by atoms with van der Waals surface area (Å²) in [6.07, 6.45) is 2.93. The standard InChI is InChI=1S/C24H27FN6O2.C4H10/c1-15-2-3-16(10-20(15)29-26)11-27-17-6-8-30(9-7-17)13-24(33)14-31-21(32)5-4-19-23(31)22(24)18(25)12-28-19;1-4(2)3/h2-5,10,12,17,26-27,33H,6-9,11,13-14H2,1H3;4H,1-3H3. The molecule has 198 valence electrons. The third kappa shape index (κ3) is 5.95. The molecule has 9 heteroatoms. The SMILES string of the molecule is CC(C)C.Cc1ccc(CNC2CCN(CC3(O)Cn4c(=O)ccc5ncc(F)c3c54)CC2)cc1N=N. The van der Waals surface area contributed by atoms with Crippen LogP contribution >= 0.6 is 0 Å². The molecule has 1 unspecified atom stereocenters. The number of piperidine rings is 1. The molecular formula is C28H37FN6O2. The number of hydrogen-bond acceptors (Lipinski definition) is 7. The Kier molecular flexibility index (Phi) is 8.16. The minimum atomic E-state index is -1.46. The Hall–Kier alpha value is -3.01. The van der Waals surface area contributed by atoms with Gasteiger partial charge in [-0.3, -0.25) is 14.7 Å². The van der Waals surface area contributed by atoms with Crippen LogP contribution < -0.4 is 10.9 Å². The number of aliphatic hydroxyl groups is 1. The Bertz CT molecular complexity index is 1330. The fourth-order valence-electron chi connectivity index (χ4n) is 5.12. The normalized spacial score (nSPS) is 19.8. The number of pyridine rings is 2. The van der Waals surface area contributed by atoms with Crippen LogP contribution in [0.15, 0.2) is 46.4 Å². The van der Waals surface area contributed by atoms with Crippen LogP contribution in [-0.4, -0.2) is 45.2 Å². The highest BCUT2D eigenvalue weighted by Gasteiger charge is 2.43. The zero-order chi connectivity index (χ0) is 26.7. The zero-order valence-corrected chi connectivity index (χ0v) is 22.1. The van der Waals surface area contributed by atoms with Gasteiger partial charge in [-0.25, -0.2) is 9.92 Å². The van der Waals surface area contributed by atoms with Crippen molar-refractivity contribution in [1.82, 2.24) is 19.8 Å². The smallest absolute Gasteiger partial charge is 0.251 e. The highest BCUT2D eigenvalue weighted by Crippen LogP contribution is 2.38. The van der Waals surface area contributed by atoms with E-state index in [4.69, 9.17) is 5.53 Å². The lowest BCUT2D eigenvalue weighted by atomic mass is 9.93. The van der Waals surface area contributed by atoms with Gasteiger partial charge in [-0.05, 0) is 62.0 Å². The van der Waals surface area contributed by atoms with Crippen LogP contribution in [0.25, 0.3) is 11.0 Å². The van der Waals surface area contributed by atoms with Gasteiger partial charge in [-0.1, -0.05) is 32.9 Å². The summed E-state index contributed by atoms with van der Waals surface area (Å²) in [4.78, 5) is 18.6. The van der Waals surface area contributed by atoms with Gasteiger partial charge < -0.3 is 15.0 Å². The van der Waals surface area contributed by atoms with Gasteiger partial charge >= 0.3 is 0 Å². The Morgan fingerprint density at radius 3 is 2.62 bits per heavy atom. The fourth-order valence-corrected chi connectivity index (χ4v) is 5.12. The van der Waals surface area contributed by atoms with Crippen molar-refractivity contribution < 1.29 is 9.50 Å². The van der Waals surface area contributed by atoms with E-state index in [0.717, 1.165) is 49.2 Å².